The van der Waals surface area contributed by atoms with E-state index in [1.807, 2.05) is 0 Å². The summed E-state index contributed by atoms with van der Waals surface area (Å²) >= 11 is 0. The number of nitrogens with one attached hydrogen (secondary N) is 1. The fourth-order valence-electron chi connectivity index (χ4n) is 3.19. The zero-order chi connectivity index (χ0) is 19.0. The lowest BCUT2D eigenvalue weighted by atomic mass is 10.3. The van der Waals surface area contributed by atoms with Gasteiger partial charge in [-0.25, -0.2) is 13.8 Å². The molecule has 1 aromatic carbocycles. The maximum Gasteiger partial charge on any atom is 0.292 e. The van der Waals surface area contributed by atoms with E-state index in [1.165, 1.54) is 10.5 Å². The number of hydrogen-bond acceptors (Lipinski definition) is 3. The van der Waals surface area contributed by atoms with Crippen molar-refractivity contribution in [1.82, 2.24) is 14.3 Å². The number of pyridine rings is 1. The Bertz CT molecular complexity index is 1040. The molecule has 8 heteroatoms. The molecular weight excluding hydrogens is 354 g/mol. The number of carbonyl (C=O) groups excluding carboxylic acids is 2. The molecule has 0 saturated carbocycles. The summed E-state index contributed by atoms with van der Waals surface area (Å²) in [7, 11) is 0. The van der Waals surface area contributed by atoms with Crippen LogP contribution in [0.1, 0.15) is 33.9 Å². The van der Waals surface area contributed by atoms with Gasteiger partial charge in [0.15, 0.2) is 17.3 Å². The van der Waals surface area contributed by atoms with Gasteiger partial charge in [0.1, 0.15) is 0 Å². The molecule has 1 aliphatic rings. The first-order valence-corrected chi connectivity index (χ1v) is 8.57. The van der Waals surface area contributed by atoms with Gasteiger partial charge >= 0.3 is 0 Å². The number of amides is 2. The lowest BCUT2D eigenvalue weighted by Crippen LogP contribution is -2.28. The predicted octanol–water partition coefficient (Wildman–Crippen LogP) is 3.10. The van der Waals surface area contributed by atoms with Crippen LogP contribution in [0.15, 0.2) is 42.6 Å². The van der Waals surface area contributed by atoms with Gasteiger partial charge in [-0.3, -0.25) is 14.0 Å². The fraction of sp³-hybridized carbons (Fsp3) is 0.211. The van der Waals surface area contributed by atoms with Crippen LogP contribution in [0.5, 0.6) is 0 Å². The number of benzene rings is 1. The van der Waals surface area contributed by atoms with Crippen LogP contribution in [0, 0.1) is 11.6 Å². The van der Waals surface area contributed by atoms with Crippen LogP contribution in [0.25, 0.3) is 5.52 Å². The Kier molecular flexibility index (Phi) is 4.31. The zero-order valence-corrected chi connectivity index (χ0v) is 14.3. The van der Waals surface area contributed by atoms with E-state index in [-0.39, 0.29) is 23.1 Å². The normalized spacial score (nSPS) is 13.9. The quantitative estimate of drug-likeness (QED) is 0.770. The molecule has 0 spiro atoms. The third-order valence-electron chi connectivity index (χ3n) is 4.52. The Morgan fingerprint density at radius 1 is 1.04 bits per heavy atom. The minimum Gasteiger partial charge on any atom is -0.337 e. The first-order valence-electron chi connectivity index (χ1n) is 8.57. The molecule has 2 aromatic heterocycles. The van der Waals surface area contributed by atoms with Gasteiger partial charge in [0, 0.05) is 31.0 Å². The molecular formula is C19H16F2N4O2. The second kappa shape index (κ2) is 6.79. The summed E-state index contributed by atoms with van der Waals surface area (Å²) in [6.45, 7) is 1.34. The number of imidazole rings is 1. The fourth-order valence-corrected chi connectivity index (χ4v) is 3.19. The number of nitrogens with zero attached hydrogens (tertiary/aromatic N) is 3. The summed E-state index contributed by atoms with van der Waals surface area (Å²) in [5.74, 6) is -2.91. The maximum absolute atomic E-state index is 13.4. The molecule has 0 aliphatic carbocycles. The van der Waals surface area contributed by atoms with Gasteiger partial charge in [0.05, 0.1) is 5.52 Å². The number of halogens is 2. The van der Waals surface area contributed by atoms with E-state index in [0.29, 0.717) is 18.6 Å². The van der Waals surface area contributed by atoms with E-state index in [2.05, 4.69) is 10.3 Å². The first kappa shape index (κ1) is 17.1. The monoisotopic (exact) mass is 370 g/mol. The minimum absolute atomic E-state index is 0.00196. The van der Waals surface area contributed by atoms with Crippen molar-refractivity contribution in [3.8, 4) is 0 Å². The van der Waals surface area contributed by atoms with E-state index in [9.17, 15) is 18.4 Å². The predicted molar refractivity (Wildman–Crippen MR) is 94.6 cm³/mol. The average molecular weight is 370 g/mol. The zero-order valence-electron chi connectivity index (χ0n) is 14.3. The molecule has 1 fully saturated rings. The highest BCUT2D eigenvalue weighted by molar-refractivity contribution is 6.06. The maximum atomic E-state index is 13.4. The Morgan fingerprint density at radius 3 is 2.56 bits per heavy atom. The molecule has 1 saturated heterocycles. The van der Waals surface area contributed by atoms with Gasteiger partial charge in [-0.05, 0) is 37.1 Å². The van der Waals surface area contributed by atoms with E-state index in [4.69, 9.17) is 0 Å². The molecule has 0 bridgehead atoms. The third-order valence-corrected chi connectivity index (χ3v) is 4.52. The minimum atomic E-state index is -1.06. The molecule has 1 aliphatic heterocycles. The van der Waals surface area contributed by atoms with Crippen molar-refractivity contribution >= 4 is 23.0 Å². The third kappa shape index (κ3) is 3.14. The van der Waals surface area contributed by atoms with Crippen LogP contribution in [0.4, 0.5) is 14.5 Å². The van der Waals surface area contributed by atoms with Crippen LogP contribution >= 0.6 is 0 Å². The summed E-state index contributed by atoms with van der Waals surface area (Å²) in [4.78, 5) is 31.4. The number of carbonyl (C=O) groups is 2. The Hall–Kier alpha value is -3.29. The highest BCUT2D eigenvalue weighted by Gasteiger charge is 2.26. The molecule has 0 radical (unpaired) electrons. The van der Waals surface area contributed by atoms with Gasteiger partial charge < -0.3 is 10.2 Å². The molecule has 6 nitrogen and oxygen atoms in total. The molecule has 0 unspecified atom stereocenters. The van der Waals surface area contributed by atoms with Crippen molar-refractivity contribution in [2.75, 3.05) is 18.4 Å². The second-order valence-corrected chi connectivity index (χ2v) is 6.32. The first-order chi connectivity index (χ1) is 13.0. The Morgan fingerprint density at radius 2 is 1.81 bits per heavy atom. The summed E-state index contributed by atoms with van der Waals surface area (Å²) in [6.07, 6.45) is 3.52. The SMILES string of the molecule is O=C(Nc1ccc(F)c(F)c1)c1nc(C(=O)N2CCCC2)c2ccccn12. The van der Waals surface area contributed by atoms with Crippen LogP contribution < -0.4 is 5.32 Å². The molecule has 27 heavy (non-hydrogen) atoms. The number of fused-ring (bicyclic) bond motifs is 1. The lowest BCUT2D eigenvalue weighted by Gasteiger charge is -2.13. The molecule has 138 valence electrons. The van der Waals surface area contributed by atoms with Gasteiger partial charge in [-0.1, -0.05) is 6.07 Å². The summed E-state index contributed by atoms with van der Waals surface area (Å²) < 4.78 is 27.9. The Labute approximate surface area is 153 Å². The lowest BCUT2D eigenvalue weighted by molar-refractivity contribution is 0.0789. The largest absolute Gasteiger partial charge is 0.337 e. The van der Waals surface area contributed by atoms with Crippen LogP contribution in [-0.4, -0.2) is 39.2 Å². The van der Waals surface area contributed by atoms with Gasteiger partial charge in [-0.15, -0.1) is 0 Å². The van der Waals surface area contributed by atoms with Crippen LogP contribution in [0.3, 0.4) is 0 Å². The molecule has 0 atom stereocenters. The molecule has 2 amide bonds. The summed E-state index contributed by atoms with van der Waals surface area (Å²) in [6, 6.07) is 8.26. The standard InChI is InChI=1S/C19H16F2N4O2/c20-13-7-6-12(11-14(13)21)22-18(26)17-23-16(15-5-1-2-10-25(15)17)19(27)24-8-3-4-9-24/h1-2,5-7,10-11H,3-4,8-9H2,(H,22,26). The van der Waals surface area contributed by atoms with E-state index < -0.39 is 17.5 Å². The van der Waals surface area contributed by atoms with Gasteiger partial charge in [0.2, 0.25) is 5.82 Å². The molecule has 4 rings (SSSR count). The van der Waals surface area contributed by atoms with Crippen molar-refractivity contribution in [3.63, 3.8) is 0 Å². The number of likely N-dealkylation sites (tertiary alicyclic amines) is 1. The average Bonchev–Trinajstić information content (AvgIpc) is 3.32. The van der Waals surface area contributed by atoms with Crippen molar-refractivity contribution in [1.29, 1.82) is 0 Å². The smallest absolute Gasteiger partial charge is 0.292 e. The van der Waals surface area contributed by atoms with Crippen molar-refractivity contribution < 1.29 is 18.4 Å². The number of aromatic nitrogens is 2. The van der Waals surface area contributed by atoms with E-state index >= 15 is 0 Å². The topological polar surface area (TPSA) is 66.7 Å². The van der Waals surface area contributed by atoms with E-state index in [0.717, 1.165) is 25.0 Å². The van der Waals surface area contributed by atoms with Crippen molar-refractivity contribution in [2.45, 2.75) is 12.8 Å². The van der Waals surface area contributed by atoms with Crippen LogP contribution in [-0.2, 0) is 0 Å². The van der Waals surface area contributed by atoms with Crippen LogP contribution in [0.2, 0.25) is 0 Å². The number of rotatable bonds is 3. The molecule has 1 N–H and O–H groups in total. The van der Waals surface area contributed by atoms with E-state index in [1.54, 1.807) is 29.3 Å². The summed E-state index contributed by atoms with van der Waals surface area (Å²) in [5, 5.41) is 2.49. The van der Waals surface area contributed by atoms with Crippen molar-refractivity contribution in [3.05, 3.63) is 65.7 Å². The second-order valence-electron chi connectivity index (χ2n) is 6.32. The van der Waals surface area contributed by atoms with Crippen molar-refractivity contribution in [2.24, 2.45) is 0 Å². The number of hydrogen-bond donors (Lipinski definition) is 1. The molecule has 3 aromatic rings. The molecule has 3 heterocycles. The highest BCUT2D eigenvalue weighted by Crippen LogP contribution is 2.20. The highest BCUT2D eigenvalue weighted by atomic mass is 19.2. The number of anilines is 1. The Balaban J connectivity index is 1.69. The summed E-state index contributed by atoms with van der Waals surface area (Å²) in [5.41, 5.74) is 0.816. The van der Waals surface area contributed by atoms with Gasteiger partial charge in [-0.2, -0.15) is 0 Å². The van der Waals surface area contributed by atoms with Gasteiger partial charge in [0.25, 0.3) is 11.8 Å².